The molecule has 2 heterocycles. The zero-order chi connectivity index (χ0) is 24.4. The quantitative estimate of drug-likeness (QED) is 0.273. The molecule has 1 amide bonds. The Hall–Kier alpha value is -3.64. The predicted molar refractivity (Wildman–Crippen MR) is 132 cm³/mol. The first kappa shape index (κ1) is 23.5. The van der Waals surface area contributed by atoms with Gasteiger partial charge in [0, 0.05) is 17.4 Å². The van der Waals surface area contributed by atoms with Crippen LogP contribution in [0.3, 0.4) is 0 Å². The second-order valence-corrected chi connectivity index (χ2v) is 8.66. The molecule has 174 valence electrons. The van der Waals surface area contributed by atoms with E-state index in [9.17, 15) is 14.7 Å². The van der Waals surface area contributed by atoms with E-state index >= 15 is 0 Å². The Bertz CT molecular complexity index is 1250. The summed E-state index contributed by atoms with van der Waals surface area (Å²) in [6.45, 7) is 6.37. The lowest BCUT2D eigenvalue weighted by atomic mass is 9.97. The fourth-order valence-corrected chi connectivity index (χ4v) is 4.18. The van der Waals surface area contributed by atoms with E-state index in [1.54, 1.807) is 42.6 Å². The van der Waals surface area contributed by atoms with Crippen LogP contribution in [0.2, 0.25) is 5.02 Å². The van der Waals surface area contributed by atoms with Gasteiger partial charge in [0.1, 0.15) is 17.6 Å². The average Bonchev–Trinajstić information content (AvgIpc) is 3.11. The van der Waals surface area contributed by atoms with Crippen LogP contribution < -0.4 is 9.64 Å². The van der Waals surface area contributed by atoms with Gasteiger partial charge in [0.2, 0.25) is 0 Å². The van der Waals surface area contributed by atoms with Crippen molar-refractivity contribution in [2.75, 3.05) is 11.5 Å². The molecule has 0 bridgehead atoms. The number of anilines is 1. The fraction of sp³-hybridized carbons (Fsp3) is 0.222. The number of carbonyl (C=O) groups excluding carboxylic acids is 2. The van der Waals surface area contributed by atoms with Crippen molar-refractivity contribution in [2.24, 2.45) is 0 Å². The maximum Gasteiger partial charge on any atom is 0.300 e. The van der Waals surface area contributed by atoms with Crippen molar-refractivity contribution in [3.8, 4) is 5.75 Å². The van der Waals surface area contributed by atoms with E-state index in [0.717, 1.165) is 5.56 Å². The lowest BCUT2D eigenvalue weighted by Crippen LogP contribution is -2.29. The standard InChI is InChI=1S/C27H25ClN2O4/c1-4-34-22-15-18(10-13-20(22)28)25(31)23-24(21-7-5-6-14-29-21)30(27(33)26(23)32)19-11-8-17(9-12-19)16(2)3/h5-16,24,31H,4H2,1-3H3/b25-23-. The molecule has 3 aromatic rings. The summed E-state index contributed by atoms with van der Waals surface area (Å²) in [5, 5.41) is 11.6. The number of Topliss-reactive ketones (excluding diaryl/α,β-unsaturated/α-hetero) is 1. The molecule has 1 N–H and O–H groups in total. The number of aliphatic hydroxyl groups is 1. The maximum absolute atomic E-state index is 13.2. The molecule has 1 fully saturated rings. The number of benzene rings is 2. The van der Waals surface area contributed by atoms with Crippen LogP contribution in [-0.2, 0) is 9.59 Å². The van der Waals surface area contributed by atoms with Gasteiger partial charge in [-0.1, -0.05) is 43.6 Å². The molecule has 0 aliphatic carbocycles. The first-order valence-corrected chi connectivity index (χ1v) is 11.5. The normalized spacial score (nSPS) is 17.4. The summed E-state index contributed by atoms with van der Waals surface area (Å²) in [6.07, 6.45) is 1.59. The highest BCUT2D eigenvalue weighted by atomic mass is 35.5. The molecule has 0 saturated carbocycles. The van der Waals surface area contributed by atoms with Gasteiger partial charge in [-0.05, 0) is 60.9 Å². The van der Waals surface area contributed by atoms with E-state index < -0.39 is 17.7 Å². The van der Waals surface area contributed by atoms with E-state index in [0.29, 0.717) is 40.2 Å². The molecule has 1 atom stereocenters. The third-order valence-corrected chi connectivity index (χ3v) is 6.07. The number of pyridine rings is 1. The number of hydrogen-bond acceptors (Lipinski definition) is 5. The van der Waals surface area contributed by atoms with Crippen LogP contribution in [-0.4, -0.2) is 28.4 Å². The van der Waals surface area contributed by atoms with Crippen molar-refractivity contribution in [2.45, 2.75) is 32.7 Å². The number of carbonyl (C=O) groups is 2. The van der Waals surface area contributed by atoms with Crippen molar-refractivity contribution in [3.05, 3.63) is 94.3 Å². The van der Waals surface area contributed by atoms with Gasteiger partial charge in [-0.15, -0.1) is 0 Å². The van der Waals surface area contributed by atoms with E-state index in [1.165, 1.54) is 4.90 Å². The molecule has 1 unspecified atom stereocenters. The van der Waals surface area contributed by atoms with Crippen molar-refractivity contribution < 1.29 is 19.4 Å². The smallest absolute Gasteiger partial charge is 0.300 e. The zero-order valence-electron chi connectivity index (χ0n) is 19.2. The maximum atomic E-state index is 13.2. The summed E-state index contributed by atoms with van der Waals surface area (Å²) in [5.74, 6) is -1.13. The second-order valence-electron chi connectivity index (χ2n) is 8.25. The molecule has 2 aromatic carbocycles. The Kier molecular flexibility index (Phi) is 6.70. The van der Waals surface area contributed by atoms with Crippen molar-refractivity contribution >= 4 is 34.7 Å². The second kappa shape index (κ2) is 9.69. The van der Waals surface area contributed by atoms with Crippen LogP contribution in [0, 0.1) is 0 Å². The Morgan fingerprint density at radius 1 is 1.12 bits per heavy atom. The summed E-state index contributed by atoms with van der Waals surface area (Å²) in [7, 11) is 0. The number of halogens is 1. The monoisotopic (exact) mass is 476 g/mol. The number of ether oxygens (including phenoxy) is 1. The molecule has 1 aromatic heterocycles. The van der Waals surface area contributed by atoms with Gasteiger partial charge >= 0.3 is 0 Å². The lowest BCUT2D eigenvalue weighted by Gasteiger charge is -2.25. The first-order chi connectivity index (χ1) is 16.3. The van der Waals surface area contributed by atoms with E-state index in [-0.39, 0.29) is 11.3 Å². The first-order valence-electron chi connectivity index (χ1n) is 11.1. The summed E-state index contributed by atoms with van der Waals surface area (Å²) >= 11 is 6.19. The van der Waals surface area contributed by atoms with E-state index in [1.807, 2.05) is 31.2 Å². The third-order valence-electron chi connectivity index (χ3n) is 5.75. The van der Waals surface area contributed by atoms with Crippen molar-refractivity contribution in [3.63, 3.8) is 0 Å². The Morgan fingerprint density at radius 3 is 2.47 bits per heavy atom. The van der Waals surface area contributed by atoms with Crippen LogP contribution in [0.25, 0.3) is 5.76 Å². The van der Waals surface area contributed by atoms with Crippen LogP contribution in [0.15, 0.2) is 72.4 Å². The summed E-state index contributed by atoms with van der Waals surface area (Å²) in [6, 6.07) is 16.6. The fourth-order valence-electron chi connectivity index (χ4n) is 4.01. The average molecular weight is 477 g/mol. The molecule has 0 spiro atoms. The minimum atomic E-state index is -0.891. The van der Waals surface area contributed by atoms with Gasteiger partial charge in [-0.25, -0.2) is 0 Å². The summed E-state index contributed by atoms with van der Waals surface area (Å²) in [5.41, 5.74) is 2.41. The van der Waals surface area contributed by atoms with E-state index in [4.69, 9.17) is 16.3 Å². The molecular weight excluding hydrogens is 452 g/mol. The van der Waals surface area contributed by atoms with Crippen LogP contribution in [0.1, 0.15) is 49.6 Å². The van der Waals surface area contributed by atoms with Gasteiger partial charge in [-0.3, -0.25) is 19.5 Å². The Morgan fingerprint density at radius 2 is 1.85 bits per heavy atom. The van der Waals surface area contributed by atoms with Crippen molar-refractivity contribution in [1.82, 2.24) is 4.98 Å². The summed E-state index contributed by atoms with van der Waals surface area (Å²) < 4.78 is 5.53. The van der Waals surface area contributed by atoms with Crippen molar-refractivity contribution in [1.29, 1.82) is 0 Å². The number of aliphatic hydroxyl groups excluding tert-OH is 1. The molecule has 34 heavy (non-hydrogen) atoms. The molecule has 7 heteroatoms. The largest absolute Gasteiger partial charge is 0.507 e. The zero-order valence-corrected chi connectivity index (χ0v) is 19.9. The molecule has 4 rings (SSSR count). The number of nitrogens with zero attached hydrogens (tertiary/aromatic N) is 2. The number of aromatic nitrogens is 1. The molecule has 0 radical (unpaired) electrons. The Balaban J connectivity index is 1.89. The summed E-state index contributed by atoms with van der Waals surface area (Å²) in [4.78, 5) is 32.3. The van der Waals surface area contributed by atoms with Crippen LogP contribution in [0.5, 0.6) is 5.75 Å². The molecule has 6 nitrogen and oxygen atoms in total. The highest BCUT2D eigenvalue weighted by molar-refractivity contribution is 6.51. The predicted octanol–water partition coefficient (Wildman–Crippen LogP) is 5.88. The lowest BCUT2D eigenvalue weighted by molar-refractivity contribution is -0.132. The van der Waals surface area contributed by atoms with Gasteiger partial charge in [0.05, 0.1) is 22.9 Å². The van der Waals surface area contributed by atoms with E-state index in [2.05, 4.69) is 18.8 Å². The highest BCUT2D eigenvalue weighted by Gasteiger charge is 2.47. The van der Waals surface area contributed by atoms with Gasteiger partial charge in [0.15, 0.2) is 0 Å². The highest BCUT2D eigenvalue weighted by Crippen LogP contribution is 2.42. The van der Waals surface area contributed by atoms with Crippen LogP contribution >= 0.6 is 11.6 Å². The molecule has 1 aliphatic heterocycles. The van der Waals surface area contributed by atoms with Gasteiger partial charge in [0.25, 0.3) is 11.7 Å². The number of amides is 1. The Labute approximate surface area is 203 Å². The van der Waals surface area contributed by atoms with Gasteiger partial charge < -0.3 is 9.84 Å². The van der Waals surface area contributed by atoms with Crippen LogP contribution in [0.4, 0.5) is 5.69 Å². The molecular formula is C27H25ClN2O4. The number of hydrogen-bond donors (Lipinski definition) is 1. The SMILES string of the molecule is CCOc1cc(/C(O)=C2/C(=O)C(=O)N(c3ccc(C(C)C)cc3)C2c2ccccn2)ccc1Cl. The number of ketones is 1. The minimum Gasteiger partial charge on any atom is -0.507 e. The number of rotatable bonds is 6. The minimum absolute atomic E-state index is 0.0404. The van der Waals surface area contributed by atoms with Gasteiger partial charge in [-0.2, -0.15) is 0 Å². The third kappa shape index (κ3) is 4.29. The molecule has 1 saturated heterocycles. The topological polar surface area (TPSA) is 79.7 Å². The molecule has 1 aliphatic rings.